The number of aromatic nitrogens is 2. The molecule has 0 saturated heterocycles. The first-order valence-corrected chi connectivity index (χ1v) is 7.90. The summed E-state index contributed by atoms with van der Waals surface area (Å²) in [7, 11) is 1.67. The van der Waals surface area contributed by atoms with Crippen LogP contribution in [-0.4, -0.2) is 40.1 Å². The third-order valence-corrected chi connectivity index (χ3v) is 4.30. The van der Waals surface area contributed by atoms with E-state index in [1.165, 1.54) is 11.8 Å². The van der Waals surface area contributed by atoms with Gasteiger partial charge in [0, 0.05) is 24.8 Å². The molecule has 0 fully saturated rings. The number of halogens is 1. The average molecular weight is 329 g/mol. The summed E-state index contributed by atoms with van der Waals surface area (Å²) in [6.07, 6.45) is 0.825. The summed E-state index contributed by atoms with van der Waals surface area (Å²) in [5, 5.41) is 10.2. The molecule has 7 heteroatoms. The number of aliphatic carboxylic acids is 1. The Hall–Kier alpha value is -1.24. The van der Waals surface area contributed by atoms with Crippen molar-refractivity contribution in [3.63, 3.8) is 0 Å². The zero-order chi connectivity index (χ0) is 15.4. The van der Waals surface area contributed by atoms with Gasteiger partial charge in [0.25, 0.3) is 0 Å². The minimum atomic E-state index is -0.860. The van der Waals surface area contributed by atoms with Gasteiger partial charge in [0.05, 0.1) is 16.8 Å². The third-order valence-electron chi connectivity index (χ3n) is 3.12. The van der Waals surface area contributed by atoms with Gasteiger partial charge in [-0.3, -0.25) is 4.79 Å². The summed E-state index contributed by atoms with van der Waals surface area (Å²) in [6, 6.07) is 5.68. The molecule has 2 aromatic rings. The predicted molar refractivity (Wildman–Crippen MR) is 84.3 cm³/mol. The number of carbonyl (C=O) groups is 1. The Labute approximate surface area is 132 Å². The molecule has 114 valence electrons. The van der Waals surface area contributed by atoms with Crippen LogP contribution in [0.3, 0.4) is 0 Å². The smallest absolute Gasteiger partial charge is 0.313 e. The summed E-state index contributed by atoms with van der Waals surface area (Å²) in [6.45, 7) is 2.71. The van der Waals surface area contributed by atoms with E-state index >= 15 is 0 Å². The minimum absolute atomic E-state index is 0.0198. The maximum Gasteiger partial charge on any atom is 0.313 e. The summed E-state index contributed by atoms with van der Waals surface area (Å²) < 4.78 is 7.18. The molecule has 1 aromatic carbocycles. The second kappa shape index (κ2) is 7.15. The van der Waals surface area contributed by atoms with Gasteiger partial charge in [-0.2, -0.15) is 0 Å². The molecular weight excluding hydrogens is 312 g/mol. The van der Waals surface area contributed by atoms with E-state index in [4.69, 9.17) is 21.4 Å². The number of thioether (sulfide) groups is 1. The molecule has 21 heavy (non-hydrogen) atoms. The van der Waals surface area contributed by atoms with Crippen molar-refractivity contribution in [3.05, 3.63) is 23.2 Å². The van der Waals surface area contributed by atoms with Crippen LogP contribution in [0.4, 0.5) is 0 Å². The summed E-state index contributed by atoms with van der Waals surface area (Å²) in [5.74, 6) is -0.880. The topological polar surface area (TPSA) is 64.3 Å². The zero-order valence-corrected chi connectivity index (χ0v) is 13.4. The standard InChI is InChI=1S/C14H17ClN2O3S/c1-9(5-6-20-2)17-12-4-3-10(15)7-11(12)16-14(17)21-8-13(18)19/h3-4,7,9H,5-6,8H2,1-2H3,(H,18,19). The van der Waals surface area contributed by atoms with Crippen LogP contribution in [0, 0.1) is 0 Å². The van der Waals surface area contributed by atoms with Gasteiger partial charge in [0.1, 0.15) is 0 Å². The fourth-order valence-electron chi connectivity index (χ4n) is 2.12. The molecule has 1 N–H and O–H groups in total. The van der Waals surface area contributed by atoms with Crippen molar-refractivity contribution in [2.75, 3.05) is 19.5 Å². The quantitative estimate of drug-likeness (QED) is 0.788. The van der Waals surface area contributed by atoms with Crippen LogP contribution in [0.25, 0.3) is 11.0 Å². The van der Waals surface area contributed by atoms with Crippen molar-refractivity contribution in [1.82, 2.24) is 9.55 Å². The summed E-state index contributed by atoms with van der Waals surface area (Å²) in [4.78, 5) is 15.3. The number of ether oxygens (including phenoxy) is 1. The lowest BCUT2D eigenvalue weighted by molar-refractivity contribution is -0.133. The molecule has 0 aliphatic carbocycles. The van der Waals surface area contributed by atoms with Crippen LogP contribution < -0.4 is 0 Å². The third kappa shape index (κ3) is 3.90. The molecule has 5 nitrogen and oxygen atoms in total. The van der Waals surface area contributed by atoms with Crippen molar-refractivity contribution >= 4 is 40.4 Å². The maximum absolute atomic E-state index is 10.8. The first-order chi connectivity index (χ1) is 10.0. The van der Waals surface area contributed by atoms with Crippen molar-refractivity contribution in [1.29, 1.82) is 0 Å². The summed E-state index contributed by atoms with van der Waals surface area (Å²) >= 11 is 7.22. The highest BCUT2D eigenvalue weighted by Gasteiger charge is 2.17. The van der Waals surface area contributed by atoms with Crippen molar-refractivity contribution in [3.8, 4) is 0 Å². The molecule has 1 atom stereocenters. The highest BCUT2D eigenvalue weighted by Crippen LogP contribution is 2.30. The number of methoxy groups -OCH3 is 1. The molecule has 1 heterocycles. The van der Waals surface area contributed by atoms with Gasteiger partial charge in [-0.25, -0.2) is 4.98 Å². The van der Waals surface area contributed by atoms with Gasteiger partial charge in [-0.05, 0) is 31.5 Å². The van der Waals surface area contributed by atoms with Gasteiger partial charge in [0.15, 0.2) is 5.16 Å². The molecule has 0 aliphatic rings. The number of carboxylic acid groups (broad SMARTS) is 1. The second-order valence-electron chi connectivity index (χ2n) is 4.71. The Balaban J connectivity index is 2.41. The fourth-order valence-corrected chi connectivity index (χ4v) is 3.12. The highest BCUT2D eigenvalue weighted by molar-refractivity contribution is 7.99. The molecular formula is C14H17ClN2O3S. The Kier molecular flexibility index (Phi) is 5.50. The summed E-state index contributed by atoms with van der Waals surface area (Å²) in [5.41, 5.74) is 1.73. The number of fused-ring (bicyclic) bond motifs is 1. The molecule has 2 rings (SSSR count). The highest BCUT2D eigenvalue weighted by atomic mass is 35.5. The lowest BCUT2D eigenvalue weighted by Crippen LogP contribution is -2.10. The van der Waals surface area contributed by atoms with E-state index in [1.54, 1.807) is 13.2 Å². The van der Waals surface area contributed by atoms with Gasteiger partial charge in [-0.1, -0.05) is 23.4 Å². The first kappa shape index (κ1) is 16.1. The Bertz CT molecular complexity index is 644. The molecule has 1 unspecified atom stereocenters. The number of carboxylic acids is 1. The van der Waals surface area contributed by atoms with Crippen molar-refractivity contribution in [2.45, 2.75) is 24.5 Å². The lowest BCUT2D eigenvalue weighted by atomic mass is 10.2. The molecule has 0 saturated carbocycles. The number of hydrogen-bond acceptors (Lipinski definition) is 4. The van der Waals surface area contributed by atoms with Gasteiger partial charge < -0.3 is 14.4 Å². The van der Waals surface area contributed by atoms with E-state index in [9.17, 15) is 4.79 Å². The molecule has 0 radical (unpaired) electrons. The van der Waals surface area contributed by atoms with Crippen LogP contribution >= 0.6 is 23.4 Å². The van der Waals surface area contributed by atoms with Crippen LogP contribution in [0.5, 0.6) is 0 Å². The number of imidazole rings is 1. The Morgan fingerprint density at radius 1 is 1.57 bits per heavy atom. The van der Waals surface area contributed by atoms with Crippen molar-refractivity contribution in [2.24, 2.45) is 0 Å². The van der Waals surface area contributed by atoms with Gasteiger partial charge in [-0.15, -0.1) is 0 Å². The Morgan fingerprint density at radius 2 is 2.33 bits per heavy atom. The van der Waals surface area contributed by atoms with E-state index in [0.29, 0.717) is 16.8 Å². The zero-order valence-electron chi connectivity index (χ0n) is 11.9. The number of benzene rings is 1. The molecule has 0 spiro atoms. The first-order valence-electron chi connectivity index (χ1n) is 6.54. The lowest BCUT2D eigenvalue weighted by Gasteiger charge is -2.16. The minimum Gasteiger partial charge on any atom is -0.481 e. The number of hydrogen-bond donors (Lipinski definition) is 1. The van der Waals surface area contributed by atoms with E-state index in [-0.39, 0.29) is 11.8 Å². The molecule has 1 aromatic heterocycles. The molecule has 0 aliphatic heterocycles. The monoisotopic (exact) mass is 328 g/mol. The average Bonchev–Trinajstić information content (AvgIpc) is 2.79. The van der Waals surface area contributed by atoms with E-state index in [2.05, 4.69) is 16.5 Å². The molecule has 0 bridgehead atoms. The van der Waals surface area contributed by atoms with E-state index in [1.807, 2.05) is 12.1 Å². The van der Waals surface area contributed by atoms with E-state index in [0.717, 1.165) is 17.5 Å². The molecule has 0 amide bonds. The SMILES string of the molecule is COCCC(C)n1c(SCC(=O)O)nc2cc(Cl)ccc21. The van der Waals surface area contributed by atoms with Crippen LogP contribution in [0.15, 0.2) is 23.4 Å². The Morgan fingerprint density at radius 3 is 3.00 bits per heavy atom. The normalized spacial score (nSPS) is 12.7. The fraction of sp³-hybridized carbons (Fsp3) is 0.429. The van der Waals surface area contributed by atoms with E-state index < -0.39 is 5.97 Å². The van der Waals surface area contributed by atoms with Crippen LogP contribution in [-0.2, 0) is 9.53 Å². The van der Waals surface area contributed by atoms with Gasteiger partial charge >= 0.3 is 5.97 Å². The van der Waals surface area contributed by atoms with Crippen LogP contribution in [0.2, 0.25) is 5.02 Å². The van der Waals surface area contributed by atoms with Crippen molar-refractivity contribution < 1.29 is 14.6 Å². The van der Waals surface area contributed by atoms with Gasteiger partial charge in [0.2, 0.25) is 0 Å². The maximum atomic E-state index is 10.8. The van der Waals surface area contributed by atoms with Crippen LogP contribution in [0.1, 0.15) is 19.4 Å². The second-order valence-corrected chi connectivity index (χ2v) is 6.09. The largest absolute Gasteiger partial charge is 0.481 e. The predicted octanol–water partition coefficient (Wildman–Crippen LogP) is 3.46. The number of rotatable bonds is 7. The number of nitrogens with zero attached hydrogens (tertiary/aromatic N) is 2.